The molecule has 0 amide bonds. The maximum absolute atomic E-state index is 2.64. The standard InChI is InChI=1S/C39H33NSi/c1-26-25-34-29(27-15-6-4-7-16-27)22-14-23-32(34)38(26)41(2,3)39-31-20-11-10-19-30(31)37-36(39)33-21-12-13-24-35(33)40(37)28-17-8-5-9-18-28/h4-25,38-39H,1-3H3. The van der Waals surface area contributed by atoms with E-state index in [1.54, 1.807) is 0 Å². The van der Waals surface area contributed by atoms with Crippen LogP contribution >= 0.6 is 0 Å². The fourth-order valence-electron chi connectivity index (χ4n) is 8.14. The van der Waals surface area contributed by atoms with Gasteiger partial charge >= 0.3 is 0 Å². The van der Waals surface area contributed by atoms with E-state index in [2.05, 4.69) is 158 Å². The van der Waals surface area contributed by atoms with Crippen LogP contribution in [0.15, 0.2) is 133 Å². The van der Waals surface area contributed by atoms with Crippen LogP contribution in [0.5, 0.6) is 0 Å². The number of aromatic nitrogens is 1. The lowest BCUT2D eigenvalue weighted by atomic mass is 9.97. The van der Waals surface area contributed by atoms with E-state index in [4.69, 9.17) is 0 Å². The summed E-state index contributed by atoms with van der Waals surface area (Å²) in [7, 11) is -2.06. The van der Waals surface area contributed by atoms with E-state index < -0.39 is 8.07 Å². The number of rotatable bonds is 4. The van der Waals surface area contributed by atoms with E-state index in [-0.39, 0.29) is 0 Å². The first-order chi connectivity index (χ1) is 20.1. The lowest BCUT2D eigenvalue weighted by Gasteiger charge is -2.38. The van der Waals surface area contributed by atoms with Crippen molar-refractivity contribution in [2.24, 2.45) is 0 Å². The minimum absolute atomic E-state index is 0.392. The normalized spacial score (nSPS) is 17.3. The predicted octanol–water partition coefficient (Wildman–Crippen LogP) is 10.4. The Bertz CT molecular complexity index is 1980. The molecule has 6 aromatic rings. The molecule has 0 saturated carbocycles. The SMILES string of the molecule is CC1=Cc2c(-c3ccccc3)cccc2C1[Si](C)(C)C1c2ccccc2-c2c1c1ccccc1n2-c1ccccc1. The quantitative estimate of drug-likeness (QED) is 0.195. The molecule has 0 bridgehead atoms. The van der Waals surface area contributed by atoms with Crippen LogP contribution in [-0.4, -0.2) is 12.6 Å². The molecule has 0 fully saturated rings. The second-order valence-electron chi connectivity index (χ2n) is 12.3. The monoisotopic (exact) mass is 543 g/mol. The Kier molecular flexibility index (Phi) is 5.39. The maximum Gasteiger partial charge on any atom is 0.0727 e. The highest BCUT2D eigenvalue weighted by atomic mass is 28.3. The Balaban J connectivity index is 1.37. The van der Waals surface area contributed by atoms with E-state index in [1.165, 1.54) is 66.8 Å². The molecule has 41 heavy (non-hydrogen) atoms. The number of para-hydroxylation sites is 2. The Morgan fingerprint density at radius 2 is 1.22 bits per heavy atom. The number of fused-ring (bicyclic) bond motifs is 6. The van der Waals surface area contributed by atoms with Crippen molar-refractivity contribution in [3.8, 4) is 28.1 Å². The number of nitrogens with zero attached hydrogens (tertiary/aromatic N) is 1. The Hall–Kier alpha value is -4.40. The number of hydrogen-bond acceptors (Lipinski definition) is 0. The Morgan fingerprint density at radius 3 is 2.02 bits per heavy atom. The zero-order valence-electron chi connectivity index (χ0n) is 23.8. The zero-order valence-corrected chi connectivity index (χ0v) is 24.8. The van der Waals surface area contributed by atoms with Gasteiger partial charge in [0.25, 0.3) is 0 Å². The fraction of sp³-hybridized carbons (Fsp3) is 0.128. The molecule has 2 unspecified atom stereocenters. The van der Waals surface area contributed by atoms with Gasteiger partial charge in [-0.05, 0) is 58.5 Å². The third kappa shape index (κ3) is 3.47. The Morgan fingerprint density at radius 1 is 0.585 bits per heavy atom. The minimum Gasteiger partial charge on any atom is -0.309 e. The van der Waals surface area contributed by atoms with Crippen molar-refractivity contribution in [1.82, 2.24) is 4.57 Å². The van der Waals surface area contributed by atoms with Crippen molar-refractivity contribution >= 4 is 25.1 Å². The minimum atomic E-state index is -2.06. The van der Waals surface area contributed by atoms with Crippen LogP contribution in [0, 0.1) is 0 Å². The van der Waals surface area contributed by atoms with Gasteiger partial charge < -0.3 is 4.57 Å². The summed E-state index contributed by atoms with van der Waals surface area (Å²) in [6.45, 7) is 7.66. The van der Waals surface area contributed by atoms with Crippen LogP contribution in [-0.2, 0) is 0 Å². The van der Waals surface area contributed by atoms with E-state index in [1.807, 2.05) is 0 Å². The summed E-state index contributed by atoms with van der Waals surface area (Å²) in [5.74, 6) is 0. The van der Waals surface area contributed by atoms with Gasteiger partial charge in [-0.15, -0.1) is 0 Å². The summed E-state index contributed by atoms with van der Waals surface area (Å²) in [5.41, 5.74) is 16.3. The van der Waals surface area contributed by atoms with Gasteiger partial charge in [0, 0.05) is 27.7 Å². The molecular formula is C39H33NSi. The maximum atomic E-state index is 2.64. The summed E-state index contributed by atoms with van der Waals surface area (Å²) in [4.78, 5) is 0. The topological polar surface area (TPSA) is 4.93 Å². The van der Waals surface area contributed by atoms with Crippen LogP contribution in [0.1, 0.15) is 40.3 Å². The van der Waals surface area contributed by atoms with Gasteiger partial charge in [0.05, 0.1) is 19.3 Å². The third-order valence-electron chi connectivity index (χ3n) is 9.59. The van der Waals surface area contributed by atoms with Gasteiger partial charge in [-0.2, -0.15) is 0 Å². The average molecular weight is 544 g/mol. The molecule has 2 aliphatic carbocycles. The summed E-state index contributed by atoms with van der Waals surface area (Å²) >= 11 is 0. The molecule has 2 heteroatoms. The largest absolute Gasteiger partial charge is 0.309 e. The summed E-state index contributed by atoms with van der Waals surface area (Å²) in [5, 5.41) is 1.39. The van der Waals surface area contributed by atoms with E-state index in [0.29, 0.717) is 11.1 Å². The Labute approximate surface area is 243 Å². The van der Waals surface area contributed by atoms with E-state index >= 15 is 0 Å². The lowest BCUT2D eigenvalue weighted by molar-refractivity contribution is 0.990. The van der Waals surface area contributed by atoms with E-state index in [9.17, 15) is 0 Å². The van der Waals surface area contributed by atoms with Gasteiger partial charge in [0.2, 0.25) is 0 Å². The van der Waals surface area contributed by atoms with Crippen LogP contribution < -0.4 is 0 Å². The molecule has 2 aliphatic rings. The van der Waals surface area contributed by atoms with E-state index in [0.717, 1.165) is 0 Å². The molecule has 5 aromatic carbocycles. The van der Waals surface area contributed by atoms with Gasteiger partial charge in [0.1, 0.15) is 0 Å². The van der Waals surface area contributed by atoms with Crippen molar-refractivity contribution < 1.29 is 0 Å². The molecule has 0 spiro atoms. The van der Waals surface area contributed by atoms with Crippen molar-refractivity contribution in [2.75, 3.05) is 0 Å². The molecular weight excluding hydrogens is 511 g/mol. The van der Waals surface area contributed by atoms with Gasteiger partial charge in [0.15, 0.2) is 0 Å². The van der Waals surface area contributed by atoms with Crippen molar-refractivity contribution in [1.29, 1.82) is 0 Å². The molecule has 1 heterocycles. The van der Waals surface area contributed by atoms with Gasteiger partial charge in [-0.25, -0.2) is 0 Å². The van der Waals surface area contributed by atoms with Crippen molar-refractivity contribution in [3.63, 3.8) is 0 Å². The molecule has 0 N–H and O–H groups in total. The number of hydrogen-bond donors (Lipinski definition) is 0. The van der Waals surface area contributed by atoms with Crippen molar-refractivity contribution in [3.05, 3.63) is 155 Å². The first kappa shape index (κ1) is 24.4. The molecule has 198 valence electrons. The third-order valence-corrected chi connectivity index (χ3v) is 13.9. The smallest absolute Gasteiger partial charge is 0.0727 e. The predicted molar refractivity (Wildman–Crippen MR) is 176 cm³/mol. The number of benzene rings is 5. The number of allylic oxidation sites excluding steroid dienone is 1. The van der Waals surface area contributed by atoms with Crippen LogP contribution in [0.3, 0.4) is 0 Å². The van der Waals surface area contributed by atoms with Crippen LogP contribution in [0.25, 0.3) is 45.1 Å². The van der Waals surface area contributed by atoms with Gasteiger partial charge in [-0.3, -0.25) is 0 Å². The highest BCUT2D eigenvalue weighted by Crippen LogP contribution is 2.58. The summed E-state index contributed by atoms with van der Waals surface area (Å²) in [6.07, 6.45) is 2.49. The summed E-state index contributed by atoms with van der Waals surface area (Å²) < 4.78 is 2.52. The highest BCUT2D eigenvalue weighted by molar-refractivity contribution is 6.82. The molecule has 8 rings (SSSR count). The highest BCUT2D eigenvalue weighted by Gasteiger charge is 2.50. The first-order valence-electron chi connectivity index (χ1n) is 14.7. The average Bonchev–Trinajstić information content (AvgIpc) is 3.65. The second kappa shape index (κ2) is 9.05. The molecule has 1 aromatic heterocycles. The molecule has 0 saturated heterocycles. The van der Waals surface area contributed by atoms with Crippen LogP contribution in [0.2, 0.25) is 13.1 Å². The van der Waals surface area contributed by atoms with Crippen molar-refractivity contribution in [2.45, 2.75) is 31.1 Å². The first-order valence-corrected chi connectivity index (χ1v) is 17.9. The molecule has 2 atom stereocenters. The van der Waals surface area contributed by atoms with Crippen LogP contribution in [0.4, 0.5) is 0 Å². The zero-order chi connectivity index (χ0) is 27.7. The lowest BCUT2D eigenvalue weighted by Crippen LogP contribution is -2.42. The molecule has 1 nitrogen and oxygen atoms in total. The molecule has 0 aliphatic heterocycles. The summed E-state index contributed by atoms with van der Waals surface area (Å²) in [6, 6.07) is 47.1. The second-order valence-corrected chi connectivity index (χ2v) is 17.1. The van der Waals surface area contributed by atoms with Gasteiger partial charge in [-0.1, -0.05) is 134 Å². The fourth-order valence-corrected chi connectivity index (χ4v) is 12.9. The molecule has 0 radical (unpaired) electrons.